The number of halogens is 1. The van der Waals surface area contributed by atoms with E-state index in [0.717, 1.165) is 15.7 Å². The van der Waals surface area contributed by atoms with E-state index in [0.29, 0.717) is 17.2 Å². The van der Waals surface area contributed by atoms with Crippen LogP contribution < -0.4 is 5.32 Å². The molecule has 0 radical (unpaired) electrons. The average molecular weight is 377 g/mol. The number of hydrogen-bond donors (Lipinski definition) is 1. The maximum Gasteiger partial charge on any atom is 0.268 e. The second-order valence-electron chi connectivity index (χ2n) is 4.73. The molecule has 0 atom stereocenters. The van der Waals surface area contributed by atoms with Crippen molar-refractivity contribution in [1.29, 1.82) is 0 Å². The van der Waals surface area contributed by atoms with E-state index < -0.39 is 0 Å². The van der Waals surface area contributed by atoms with Crippen molar-refractivity contribution in [2.75, 3.05) is 5.32 Å². The summed E-state index contributed by atoms with van der Waals surface area (Å²) in [5.41, 5.74) is 3.51. The van der Waals surface area contributed by atoms with Crippen LogP contribution in [0.15, 0.2) is 46.5 Å². The van der Waals surface area contributed by atoms with E-state index in [1.807, 2.05) is 31.2 Å². The van der Waals surface area contributed by atoms with E-state index in [1.54, 1.807) is 22.5 Å². The molecule has 22 heavy (non-hydrogen) atoms. The number of amides is 1. The van der Waals surface area contributed by atoms with E-state index in [2.05, 4.69) is 31.3 Å². The Hall–Kier alpha value is -1.99. The first-order chi connectivity index (χ1) is 10.6. The molecule has 3 rings (SSSR count). The average Bonchev–Trinajstić information content (AvgIpc) is 3.08. The van der Waals surface area contributed by atoms with Crippen LogP contribution in [0.3, 0.4) is 0 Å². The van der Waals surface area contributed by atoms with Gasteiger partial charge in [0.15, 0.2) is 0 Å². The van der Waals surface area contributed by atoms with Gasteiger partial charge in [0, 0.05) is 10.5 Å². The number of aryl methyl sites for hydroxylation is 1. The zero-order valence-electron chi connectivity index (χ0n) is 11.8. The number of carbonyl (C=O) groups excluding carboxylic acids is 1. The maximum atomic E-state index is 12.3. The number of hydrogen-bond acceptors (Lipinski definition) is 4. The van der Waals surface area contributed by atoms with Crippen molar-refractivity contribution in [3.05, 3.63) is 62.6 Å². The fourth-order valence-corrected chi connectivity index (χ4v) is 3.21. The first-order valence-corrected chi connectivity index (χ1v) is 8.28. The van der Waals surface area contributed by atoms with Crippen LogP contribution >= 0.6 is 27.3 Å². The van der Waals surface area contributed by atoms with E-state index in [1.165, 1.54) is 11.3 Å². The number of aromatic nitrogens is 3. The van der Waals surface area contributed by atoms with Crippen LogP contribution in [-0.4, -0.2) is 20.7 Å². The number of benzene rings is 1. The third-order valence-electron chi connectivity index (χ3n) is 3.13. The van der Waals surface area contributed by atoms with Gasteiger partial charge in [-0.05, 0) is 24.6 Å². The Morgan fingerprint density at radius 2 is 2.27 bits per heavy atom. The SMILES string of the molecule is Cc1ncsc1C(=O)Nc1ccnn1Cc1cccc(Br)c1. The molecule has 0 aliphatic heterocycles. The predicted octanol–water partition coefficient (Wildman–Crippen LogP) is 3.71. The smallest absolute Gasteiger partial charge is 0.268 e. The molecule has 0 unspecified atom stereocenters. The number of anilines is 1. The fraction of sp³-hybridized carbons (Fsp3) is 0.133. The number of nitrogens with zero attached hydrogens (tertiary/aromatic N) is 3. The monoisotopic (exact) mass is 376 g/mol. The Balaban J connectivity index is 1.78. The second kappa shape index (κ2) is 6.41. The highest BCUT2D eigenvalue weighted by molar-refractivity contribution is 9.10. The lowest BCUT2D eigenvalue weighted by Crippen LogP contribution is -2.16. The van der Waals surface area contributed by atoms with Crippen LogP contribution in [0.2, 0.25) is 0 Å². The highest BCUT2D eigenvalue weighted by Gasteiger charge is 2.14. The van der Waals surface area contributed by atoms with Crippen LogP contribution in [0.1, 0.15) is 20.9 Å². The lowest BCUT2D eigenvalue weighted by atomic mass is 10.2. The molecule has 0 spiro atoms. The van der Waals surface area contributed by atoms with Crippen molar-refractivity contribution in [1.82, 2.24) is 14.8 Å². The van der Waals surface area contributed by atoms with Gasteiger partial charge in [0.25, 0.3) is 5.91 Å². The Labute approximate surface area is 140 Å². The van der Waals surface area contributed by atoms with E-state index in [9.17, 15) is 4.79 Å². The molecule has 7 heteroatoms. The summed E-state index contributed by atoms with van der Waals surface area (Å²) in [5, 5.41) is 7.16. The molecule has 0 fully saturated rings. The summed E-state index contributed by atoms with van der Waals surface area (Å²) >= 11 is 4.79. The van der Waals surface area contributed by atoms with Gasteiger partial charge >= 0.3 is 0 Å². The Kier molecular flexibility index (Phi) is 4.35. The van der Waals surface area contributed by atoms with Gasteiger partial charge in [-0.3, -0.25) is 4.79 Å². The largest absolute Gasteiger partial charge is 0.306 e. The summed E-state index contributed by atoms with van der Waals surface area (Å²) in [6, 6.07) is 9.78. The topological polar surface area (TPSA) is 59.8 Å². The lowest BCUT2D eigenvalue weighted by molar-refractivity contribution is 0.102. The number of nitrogens with one attached hydrogen (secondary N) is 1. The van der Waals surface area contributed by atoms with Crippen molar-refractivity contribution in [3.8, 4) is 0 Å². The van der Waals surface area contributed by atoms with E-state index in [-0.39, 0.29) is 5.91 Å². The summed E-state index contributed by atoms with van der Waals surface area (Å²) < 4.78 is 2.78. The zero-order valence-corrected chi connectivity index (χ0v) is 14.2. The standard InChI is InChI=1S/C15H13BrN4OS/c1-10-14(22-9-17-10)15(21)19-13-5-6-18-20(13)8-11-3-2-4-12(16)7-11/h2-7,9H,8H2,1H3,(H,19,21). The zero-order chi connectivity index (χ0) is 15.5. The van der Waals surface area contributed by atoms with Gasteiger partial charge in [0.1, 0.15) is 10.7 Å². The minimum atomic E-state index is -0.156. The third kappa shape index (κ3) is 3.26. The first kappa shape index (κ1) is 14.9. The van der Waals surface area contributed by atoms with Crippen LogP contribution in [0.4, 0.5) is 5.82 Å². The van der Waals surface area contributed by atoms with Crippen LogP contribution in [0, 0.1) is 6.92 Å². The Bertz CT molecular complexity index is 811. The molecule has 112 valence electrons. The summed E-state index contributed by atoms with van der Waals surface area (Å²) in [6.45, 7) is 2.41. The van der Waals surface area contributed by atoms with Gasteiger partial charge < -0.3 is 5.32 Å². The van der Waals surface area contributed by atoms with Gasteiger partial charge in [-0.25, -0.2) is 9.67 Å². The molecule has 2 aromatic heterocycles. The molecule has 0 saturated heterocycles. The Morgan fingerprint density at radius 3 is 3.00 bits per heavy atom. The molecule has 1 amide bonds. The predicted molar refractivity (Wildman–Crippen MR) is 90.3 cm³/mol. The maximum absolute atomic E-state index is 12.3. The van der Waals surface area contributed by atoms with Gasteiger partial charge in [0.2, 0.25) is 0 Å². The van der Waals surface area contributed by atoms with Gasteiger partial charge in [0.05, 0.1) is 23.9 Å². The van der Waals surface area contributed by atoms with Crippen molar-refractivity contribution < 1.29 is 4.79 Å². The van der Waals surface area contributed by atoms with Crippen molar-refractivity contribution in [2.45, 2.75) is 13.5 Å². The molecule has 1 aromatic carbocycles. The molecule has 5 nitrogen and oxygen atoms in total. The summed E-state index contributed by atoms with van der Waals surface area (Å²) in [5.74, 6) is 0.508. The molecule has 0 bridgehead atoms. The molecule has 3 aromatic rings. The van der Waals surface area contributed by atoms with E-state index >= 15 is 0 Å². The minimum Gasteiger partial charge on any atom is -0.306 e. The molecular weight excluding hydrogens is 364 g/mol. The number of rotatable bonds is 4. The van der Waals surface area contributed by atoms with Crippen LogP contribution in [-0.2, 0) is 6.54 Å². The van der Waals surface area contributed by atoms with Crippen molar-refractivity contribution in [2.24, 2.45) is 0 Å². The molecule has 0 saturated carbocycles. The summed E-state index contributed by atoms with van der Waals surface area (Å²) in [6.07, 6.45) is 1.67. The number of thiazole rings is 1. The van der Waals surface area contributed by atoms with Crippen molar-refractivity contribution >= 4 is 39.0 Å². The minimum absolute atomic E-state index is 0.156. The summed E-state index contributed by atoms with van der Waals surface area (Å²) in [7, 11) is 0. The highest BCUT2D eigenvalue weighted by atomic mass is 79.9. The third-order valence-corrected chi connectivity index (χ3v) is 4.55. The fourth-order valence-electron chi connectivity index (χ4n) is 2.07. The second-order valence-corrected chi connectivity index (χ2v) is 6.50. The number of carbonyl (C=O) groups is 1. The van der Waals surface area contributed by atoms with Crippen molar-refractivity contribution in [3.63, 3.8) is 0 Å². The summed E-state index contributed by atoms with van der Waals surface area (Å²) in [4.78, 5) is 17.0. The Morgan fingerprint density at radius 1 is 1.41 bits per heavy atom. The molecule has 1 N–H and O–H groups in total. The van der Waals surface area contributed by atoms with E-state index in [4.69, 9.17) is 0 Å². The van der Waals surface area contributed by atoms with Gasteiger partial charge in [-0.15, -0.1) is 11.3 Å². The molecule has 0 aliphatic carbocycles. The lowest BCUT2D eigenvalue weighted by Gasteiger charge is -2.09. The van der Waals surface area contributed by atoms with Gasteiger partial charge in [-0.1, -0.05) is 28.1 Å². The molecule has 0 aliphatic rings. The molecule has 2 heterocycles. The first-order valence-electron chi connectivity index (χ1n) is 6.61. The molecular formula is C15H13BrN4OS. The van der Waals surface area contributed by atoms with Crippen LogP contribution in [0.25, 0.3) is 0 Å². The normalized spacial score (nSPS) is 10.6. The van der Waals surface area contributed by atoms with Gasteiger partial charge in [-0.2, -0.15) is 5.10 Å². The highest BCUT2D eigenvalue weighted by Crippen LogP contribution is 2.17. The quantitative estimate of drug-likeness (QED) is 0.754. The van der Waals surface area contributed by atoms with Crippen LogP contribution in [0.5, 0.6) is 0 Å².